The number of nitrogens with zero attached hydrogens (tertiary/aromatic N) is 5. The number of carbonyl (C=O) groups excluding carboxylic acids is 2. The molecule has 260 valence electrons. The standard InChI is InChI=1S/C19H11F2N3O2.C18H15FN4O3/c1-2-12-4-3-5-17(18(12)21)19(25)24-14-6-13(20)7-15(8-14)26-16-9-22-11-23-10-16;1-2-25-14-3-4-22-17(8-14)18(24)23-13-5-12(19)6-15(7-13)26-16-9-20-11-21-10-16/h1,3-11H,(H,24,25);3-11H,2H2,1H3,(H,23,24). The minimum atomic E-state index is -0.818. The van der Waals surface area contributed by atoms with Crippen LogP contribution in [0.4, 0.5) is 24.5 Å². The molecule has 3 aromatic carbocycles. The van der Waals surface area contributed by atoms with Crippen molar-refractivity contribution >= 4 is 23.2 Å². The summed E-state index contributed by atoms with van der Waals surface area (Å²) >= 11 is 0. The van der Waals surface area contributed by atoms with Crippen molar-refractivity contribution in [2.75, 3.05) is 17.2 Å². The zero-order chi connectivity index (χ0) is 36.9. The molecule has 0 aliphatic rings. The Morgan fingerprint density at radius 2 is 1.27 bits per heavy atom. The molecule has 0 aliphatic heterocycles. The van der Waals surface area contributed by atoms with E-state index in [1.54, 1.807) is 6.07 Å². The first-order valence-corrected chi connectivity index (χ1v) is 15.1. The van der Waals surface area contributed by atoms with Crippen molar-refractivity contribution in [3.63, 3.8) is 0 Å². The van der Waals surface area contributed by atoms with Crippen LogP contribution in [0.5, 0.6) is 28.7 Å². The number of terminal acetylenes is 1. The molecule has 0 saturated heterocycles. The third-order valence-corrected chi connectivity index (χ3v) is 6.48. The highest BCUT2D eigenvalue weighted by molar-refractivity contribution is 6.05. The molecule has 0 radical (unpaired) electrons. The summed E-state index contributed by atoms with van der Waals surface area (Å²) in [5, 5.41) is 5.00. The SMILES string of the molecule is C#Cc1cccc(C(=O)Nc2cc(F)cc(Oc3cncnc3)c2)c1F.CCOc1ccnc(C(=O)Nc2cc(F)cc(Oc3cncnc3)c2)c1. The molecule has 3 aromatic heterocycles. The number of benzene rings is 3. The molecule has 2 amide bonds. The fraction of sp³-hybridized carbons (Fsp3) is 0.0541. The summed E-state index contributed by atoms with van der Waals surface area (Å²) in [5.74, 6) is 0.356. The molecule has 52 heavy (non-hydrogen) atoms. The number of pyridine rings is 1. The third kappa shape index (κ3) is 10.1. The van der Waals surface area contributed by atoms with Gasteiger partial charge in [0.15, 0.2) is 17.3 Å². The van der Waals surface area contributed by atoms with Gasteiger partial charge in [-0.3, -0.25) is 14.6 Å². The second-order valence-corrected chi connectivity index (χ2v) is 10.2. The quantitative estimate of drug-likeness (QED) is 0.140. The van der Waals surface area contributed by atoms with E-state index in [1.807, 2.05) is 6.92 Å². The Balaban J connectivity index is 0.000000201. The van der Waals surface area contributed by atoms with Gasteiger partial charge in [0.05, 0.1) is 42.5 Å². The van der Waals surface area contributed by atoms with E-state index >= 15 is 0 Å². The smallest absolute Gasteiger partial charge is 0.274 e. The monoisotopic (exact) mass is 705 g/mol. The molecule has 0 unspecified atom stereocenters. The molecule has 2 N–H and O–H groups in total. The lowest BCUT2D eigenvalue weighted by atomic mass is 10.1. The van der Waals surface area contributed by atoms with Gasteiger partial charge >= 0.3 is 0 Å². The summed E-state index contributed by atoms with van der Waals surface area (Å²) < 4.78 is 58.1. The Bertz CT molecular complexity index is 2220. The maximum Gasteiger partial charge on any atom is 0.274 e. The molecule has 0 atom stereocenters. The zero-order valence-electron chi connectivity index (χ0n) is 27.1. The summed E-state index contributed by atoms with van der Waals surface area (Å²) in [4.78, 5) is 43.8. The number of ether oxygens (including phenoxy) is 3. The molecule has 12 nitrogen and oxygen atoms in total. The Kier molecular flexibility index (Phi) is 12.0. The van der Waals surface area contributed by atoms with Crippen LogP contribution in [0.1, 0.15) is 33.3 Å². The minimum Gasteiger partial charge on any atom is -0.494 e. The van der Waals surface area contributed by atoms with Gasteiger partial charge in [-0.1, -0.05) is 12.0 Å². The maximum atomic E-state index is 14.2. The van der Waals surface area contributed by atoms with Crippen molar-refractivity contribution in [1.29, 1.82) is 0 Å². The molecule has 6 rings (SSSR count). The first kappa shape index (κ1) is 36.0. The lowest BCUT2D eigenvalue weighted by Gasteiger charge is -2.10. The number of carbonyl (C=O) groups is 2. The molecule has 15 heteroatoms. The largest absolute Gasteiger partial charge is 0.494 e. The topological polar surface area (TPSA) is 150 Å². The molecule has 0 spiro atoms. The number of rotatable bonds is 10. The molecule has 0 bridgehead atoms. The summed E-state index contributed by atoms with van der Waals surface area (Å²) in [7, 11) is 0. The fourth-order valence-electron chi connectivity index (χ4n) is 4.34. The fourth-order valence-corrected chi connectivity index (χ4v) is 4.34. The average Bonchev–Trinajstić information content (AvgIpc) is 3.12. The first-order valence-electron chi connectivity index (χ1n) is 15.1. The Labute approximate surface area is 294 Å². The van der Waals surface area contributed by atoms with Crippen LogP contribution in [0.15, 0.2) is 110 Å². The van der Waals surface area contributed by atoms with E-state index in [0.29, 0.717) is 23.9 Å². The van der Waals surface area contributed by atoms with Gasteiger partial charge < -0.3 is 24.8 Å². The van der Waals surface area contributed by atoms with Crippen molar-refractivity contribution in [1.82, 2.24) is 24.9 Å². The van der Waals surface area contributed by atoms with Crippen LogP contribution >= 0.6 is 0 Å². The van der Waals surface area contributed by atoms with E-state index in [1.165, 1.54) is 92.2 Å². The van der Waals surface area contributed by atoms with Crippen LogP contribution in [0.2, 0.25) is 0 Å². The summed E-state index contributed by atoms with van der Waals surface area (Å²) in [6.07, 6.45) is 15.0. The van der Waals surface area contributed by atoms with E-state index < -0.39 is 29.3 Å². The predicted molar refractivity (Wildman–Crippen MR) is 183 cm³/mol. The number of halogens is 3. The van der Waals surface area contributed by atoms with Crippen LogP contribution < -0.4 is 24.8 Å². The average molecular weight is 706 g/mol. The molecular weight excluding hydrogens is 679 g/mol. The van der Waals surface area contributed by atoms with Gasteiger partial charge in [-0.25, -0.2) is 33.1 Å². The summed E-state index contributed by atoms with van der Waals surface area (Å²) in [6, 6.07) is 14.7. The maximum absolute atomic E-state index is 14.2. The Morgan fingerprint density at radius 1 is 0.712 bits per heavy atom. The van der Waals surface area contributed by atoms with E-state index in [4.69, 9.17) is 20.6 Å². The van der Waals surface area contributed by atoms with Gasteiger partial charge in [0.2, 0.25) is 0 Å². The third-order valence-electron chi connectivity index (χ3n) is 6.48. The van der Waals surface area contributed by atoms with Crippen LogP contribution in [0.3, 0.4) is 0 Å². The van der Waals surface area contributed by atoms with Crippen LogP contribution in [-0.2, 0) is 0 Å². The number of amides is 2. The number of hydrogen-bond acceptors (Lipinski definition) is 10. The first-order chi connectivity index (χ1) is 25.2. The molecule has 6 aromatic rings. The second-order valence-electron chi connectivity index (χ2n) is 10.2. The lowest BCUT2D eigenvalue weighted by Crippen LogP contribution is -2.14. The van der Waals surface area contributed by atoms with Gasteiger partial charge in [-0.2, -0.15) is 0 Å². The van der Waals surface area contributed by atoms with E-state index in [2.05, 4.69) is 41.5 Å². The molecular formula is C37H26F3N7O5. The number of nitrogens with one attached hydrogen (secondary N) is 2. The molecule has 0 aliphatic carbocycles. The van der Waals surface area contributed by atoms with Crippen molar-refractivity contribution in [3.05, 3.63) is 145 Å². The normalized spacial score (nSPS) is 10.1. The molecule has 3 heterocycles. The second kappa shape index (κ2) is 17.4. The summed E-state index contributed by atoms with van der Waals surface area (Å²) in [6.45, 7) is 2.31. The van der Waals surface area contributed by atoms with Crippen molar-refractivity contribution < 1.29 is 37.0 Å². The Hall–Kier alpha value is -7.34. The number of aromatic nitrogens is 5. The van der Waals surface area contributed by atoms with Gasteiger partial charge in [-0.15, -0.1) is 6.42 Å². The van der Waals surface area contributed by atoms with Crippen molar-refractivity contribution in [2.45, 2.75) is 6.92 Å². The molecule has 0 saturated carbocycles. The van der Waals surface area contributed by atoms with Crippen LogP contribution in [0.25, 0.3) is 0 Å². The van der Waals surface area contributed by atoms with Gasteiger partial charge in [0, 0.05) is 47.9 Å². The predicted octanol–water partition coefficient (Wildman–Crippen LogP) is 7.23. The molecule has 0 fully saturated rings. The van der Waals surface area contributed by atoms with E-state index in [9.17, 15) is 22.8 Å². The van der Waals surface area contributed by atoms with Crippen LogP contribution in [-0.4, -0.2) is 43.3 Å². The lowest BCUT2D eigenvalue weighted by molar-refractivity contribution is 0.101. The van der Waals surface area contributed by atoms with Gasteiger partial charge in [-0.05, 0) is 37.3 Å². The van der Waals surface area contributed by atoms with Crippen LogP contribution in [0, 0.1) is 29.8 Å². The van der Waals surface area contributed by atoms with Crippen molar-refractivity contribution in [3.8, 4) is 41.1 Å². The number of anilines is 2. The highest BCUT2D eigenvalue weighted by Crippen LogP contribution is 2.27. The minimum absolute atomic E-state index is 0.0370. The van der Waals surface area contributed by atoms with Crippen molar-refractivity contribution in [2.24, 2.45) is 0 Å². The Morgan fingerprint density at radius 3 is 1.81 bits per heavy atom. The van der Waals surface area contributed by atoms with E-state index in [0.717, 1.165) is 12.1 Å². The summed E-state index contributed by atoms with van der Waals surface area (Å²) in [5.41, 5.74) is 0.186. The van der Waals surface area contributed by atoms with Gasteiger partial charge in [0.25, 0.3) is 11.8 Å². The highest BCUT2D eigenvalue weighted by Gasteiger charge is 2.16. The van der Waals surface area contributed by atoms with Gasteiger partial charge in [0.1, 0.15) is 47.2 Å². The highest BCUT2D eigenvalue weighted by atomic mass is 19.1. The zero-order valence-corrected chi connectivity index (χ0v) is 27.1. The van der Waals surface area contributed by atoms with E-state index in [-0.39, 0.29) is 39.7 Å². The number of hydrogen-bond donors (Lipinski definition) is 2.